The van der Waals surface area contributed by atoms with Crippen molar-refractivity contribution in [2.75, 3.05) is 6.61 Å². The van der Waals surface area contributed by atoms with Gasteiger partial charge in [-0.3, -0.25) is 0 Å². The molecule has 0 radical (unpaired) electrons. The van der Waals surface area contributed by atoms with E-state index >= 15 is 0 Å². The van der Waals surface area contributed by atoms with Gasteiger partial charge in [0.1, 0.15) is 11.4 Å². The molecular formula is C14H15N3O3. The van der Waals surface area contributed by atoms with Crippen LogP contribution in [0.25, 0.3) is 12.2 Å². The highest BCUT2D eigenvalue weighted by Gasteiger charge is 2.13. The number of aromatic nitrogens is 2. The average Bonchev–Trinajstić information content (AvgIpc) is 2.92. The van der Waals surface area contributed by atoms with Crippen molar-refractivity contribution in [1.29, 1.82) is 0 Å². The largest absolute Gasteiger partial charge is 0.494 e. The second-order valence-corrected chi connectivity index (χ2v) is 4.15. The second-order valence-electron chi connectivity index (χ2n) is 4.15. The number of rotatable bonds is 6. The Morgan fingerprint density at radius 3 is 2.75 bits per heavy atom. The molecule has 1 N–H and O–H groups in total. The lowest BCUT2D eigenvalue weighted by atomic mass is 10.2. The zero-order valence-corrected chi connectivity index (χ0v) is 11.1. The van der Waals surface area contributed by atoms with E-state index in [1.807, 2.05) is 24.3 Å². The van der Waals surface area contributed by atoms with Crippen molar-refractivity contribution in [3.63, 3.8) is 0 Å². The normalized spacial score (nSPS) is 10.8. The van der Waals surface area contributed by atoms with E-state index in [-0.39, 0.29) is 5.82 Å². The van der Waals surface area contributed by atoms with Crippen LogP contribution < -0.4 is 4.74 Å². The van der Waals surface area contributed by atoms with Crippen LogP contribution in [0.1, 0.15) is 24.6 Å². The molecule has 1 heterocycles. The predicted octanol–water partition coefficient (Wildman–Crippen LogP) is 3.28. The van der Waals surface area contributed by atoms with E-state index in [0.717, 1.165) is 17.7 Å². The van der Waals surface area contributed by atoms with Crippen LogP contribution in [0.15, 0.2) is 30.6 Å². The van der Waals surface area contributed by atoms with Crippen molar-refractivity contribution >= 4 is 18.0 Å². The fourth-order valence-corrected chi connectivity index (χ4v) is 1.64. The van der Waals surface area contributed by atoms with Crippen LogP contribution in [0.3, 0.4) is 0 Å². The van der Waals surface area contributed by atoms with Gasteiger partial charge < -0.3 is 19.8 Å². The molecule has 104 valence electrons. The molecule has 6 nitrogen and oxygen atoms in total. The van der Waals surface area contributed by atoms with Crippen molar-refractivity contribution in [3.8, 4) is 5.75 Å². The van der Waals surface area contributed by atoms with Gasteiger partial charge in [-0.15, -0.1) is 0 Å². The number of benzene rings is 1. The highest BCUT2D eigenvalue weighted by Crippen LogP contribution is 2.17. The first-order valence-electron chi connectivity index (χ1n) is 6.29. The lowest BCUT2D eigenvalue weighted by molar-refractivity contribution is -0.389. The molecule has 0 fully saturated rings. The van der Waals surface area contributed by atoms with Gasteiger partial charge in [0.25, 0.3) is 0 Å². The Labute approximate surface area is 116 Å². The number of nitrogens with one attached hydrogen (secondary N) is 1. The van der Waals surface area contributed by atoms with Gasteiger partial charge in [-0.25, -0.2) is 0 Å². The van der Waals surface area contributed by atoms with Crippen LogP contribution in [-0.2, 0) is 0 Å². The fraction of sp³-hybridized carbons (Fsp3) is 0.214. The van der Waals surface area contributed by atoms with Crippen molar-refractivity contribution in [2.45, 2.75) is 13.3 Å². The molecule has 0 aliphatic heterocycles. The SMILES string of the molecule is CCCOc1ccc(/C=C/c2[nH]cnc2[N+](=O)[O-])cc1. The van der Waals surface area contributed by atoms with Crippen LogP contribution in [0.4, 0.5) is 5.82 Å². The van der Waals surface area contributed by atoms with Crippen molar-refractivity contribution in [3.05, 3.63) is 52.0 Å². The van der Waals surface area contributed by atoms with E-state index < -0.39 is 4.92 Å². The number of H-pyrrole nitrogens is 1. The number of hydrogen-bond acceptors (Lipinski definition) is 4. The molecule has 2 rings (SSSR count). The topological polar surface area (TPSA) is 81.0 Å². The Morgan fingerprint density at radius 1 is 1.35 bits per heavy atom. The maximum absolute atomic E-state index is 10.7. The van der Waals surface area contributed by atoms with Crippen LogP contribution in [-0.4, -0.2) is 21.5 Å². The molecule has 2 aromatic rings. The maximum Gasteiger partial charge on any atom is 0.388 e. The molecule has 0 spiro atoms. The minimum Gasteiger partial charge on any atom is -0.494 e. The van der Waals surface area contributed by atoms with Gasteiger partial charge in [-0.05, 0) is 40.1 Å². The Morgan fingerprint density at radius 2 is 2.10 bits per heavy atom. The lowest BCUT2D eigenvalue weighted by Gasteiger charge is -2.03. The van der Waals surface area contributed by atoms with Gasteiger partial charge in [-0.1, -0.05) is 25.1 Å². The molecule has 0 amide bonds. The van der Waals surface area contributed by atoms with E-state index in [1.165, 1.54) is 6.33 Å². The molecule has 0 saturated carbocycles. The number of imidazole rings is 1. The van der Waals surface area contributed by atoms with E-state index in [2.05, 4.69) is 16.9 Å². The fourth-order valence-electron chi connectivity index (χ4n) is 1.64. The van der Waals surface area contributed by atoms with Crippen LogP contribution in [0.5, 0.6) is 5.75 Å². The molecule has 0 saturated heterocycles. The van der Waals surface area contributed by atoms with E-state index in [0.29, 0.717) is 12.3 Å². The van der Waals surface area contributed by atoms with Gasteiger partial charge in [-0.2, -0.15) is 0 Å². The summed E-state index contributed by atoms with van der Waals surface area (Å²) in [5, 5.41) is 10.7. The first kappa shape index (κ1) is 13.8. The molecule has 1 aromatic heterocycles. The van der Waals surface area contributed by atoms with Crippen molar-refractivity contribution < 1.29 is 9.66 Å². The van der Waals surface area contributed by atoms with Gasteiger partial charge in [0, 0.05) is 0 Å². The lowest BCUT2D eigenvalue weighted by Crippen LogP contribution is -1.94. The Hall–Kier alpha value is -2.63. The molecule has 20 heavy (non-hydrogen) atoms. The number of aromatic amines is 1. The summed E-state index contributed by atoms with van der Waals surface area (Å²) in [5.41, 5.74) is 1.30. The molecule has 0 aliphatic rings. The summed E-state index contributed by atoms with van der Waals surface area (Å²) in [7, 11) is 0. The molecule has 6 heteroatoms. The molecule has 0 unspecified atom stereocenters. The van der Waals surface area contributed by atoms with Crippen molar-refractivity contribution in [1.82, 2.24) is 9.97 Å². The highest BCUT2D eigenvalue weighted by atomic mass is 16.6. The Bertz CT molecular complexity index is 602. The quantitative estimate of drug-likeness (QED) is 0.647. The number of hydrogen-bond donors (Lipinski definition) is 1. The summed E-state index contributed by atoms with van der Waals surface area (Å²) in [6.45, 7) is 2.74. The summed E-state index contributed by atoms with van der Waals surface area (Å²) in [4.78, 5) is 16.6. The maximum atomic E-state index is 10.7. The molecule has 0 bridgehead atoms. The van der Waals surface area contributed by atoms with E-state index in [4.69, 9.17) is 4.74 Å². The third-order valence-electron chi connectivity index (χ3n) is 2.62. The summed E-state index contributed by atoms with van der Waals surface area (Å²) in [6, 6.07) is 7.53. The van der Waals surface area contributed by atoms with E-state index in [1.54, 1.807) is 12.2 Å². The number of ether oxygens (including phenoxy) is 1. The van der Waals surface area contributed by atoms with Gasteiger partial charge >= 0.3 is 5.82 Å². The van der Waals surface area contributed by atoms with Gasteiger partial charge in [0.2, 0.25) is 6.33 Å². The number of nitro groups is 1. The summed E-state index contributed by atoms with van der Waals surface area (Å²) in [6.07, 6.45) is 5.68. The highest BCUT2D eigenvalue weighted by molar-refractivity contribution is 5.71. The van der Waals surface area contributed by atoms with Crippen LogP contribution in [0, 0.1) is 10.1 Å². The standard InChI is InChI=1S/C14H15N3O3/c1-2-9-20-12-6-3-11(4-7-12)5-8-13-14(17(18)19)16-10-15-13/h3-8,10H,2,9H2,1H3,(H,15,16)/b8-5+. The van der Waals surface area contributed by atoms with Crippen LogP contribution in [0.2, 0.25) is 0 Å². The molecule has 1 aromatic carbocycles. The predicted molar refractivity (Wildman–Crippen MR) is 76.4 cm³/mol. The van der Waals surface area contributed by atoms with Crippen LogP contribution >= 0.6 is 0 Å². The average molecular weight is 273 g/mol. The first-order chi connectivity index (χ1) is 9.70. The minimum atomic E-state index is -0.516. The van der Waals surface area contributed by atoms with Gasteiger partial charge in [0.05, 0.1) is 6.61 Å². The molecule has 0 aliphatic carbocycles. The molecule has 0 atom stereocenters. The number of nitrogens with zero attached hydrogens (tertiary/aromatic N) is 2. The molecular weight excluding hydrogens is 258 g/mol. The van der Waals surface area contributed by atoms with E-state index in [9.17, 15) is 10.1 Å². The third-order valence-corrected chi connectivity index (χ3v) is 2.62. The smallest absolute Gasteiger partial charge is 0.388 e. The third kappa shape index (κ3) is 3.44. The minimum absolute atomic E-state index is 0.177. The first-order valence-corrected chi connectivity index (χ1v) is 6.29. The van der Waals surface area contributed by atoms with Crippen molar-refractivity contribution in [2.24, 2.45) is 0 Å². The monoisotopic (exact) mass is 273 g/mol. The Kier molecular flexibility index (Phi) is 4.49. The summed E-state index contributed by atoms with van der Waals surface area (Å²) < 4.78 is 5.48. The van der Waals surface area contributed by atoms with Gasteiger partial charge in [0.15, 0.2) is 0 Å². The summed E-state index contributed by atoms with van der Waals surface area (Å²) >= 11 is 0. The Balaban J connectivity index is 2.07. The second kappa shape index (κ2) is 6.51. The summed E-state index contributed by atoms with van der Waals surface area (Å²) in [5.74, 6) is 0.640. The zero-order valence-electron chi connectivity index (χ0n) is 11.1. The zero-order chi connectivity index (χ0) is 14.4.